The first-order chi connectivity index (χ1) is 12.7. The summed E-state index contributed by atoms with van der Waals surface area (Å²) in [5.41, 5.74) is 2.01. The Morgan fingerprint density at radius 1 is 0.846 bits per heavy atom. The van der Waals surface area contributed by atoms with Crippen molar-refractivity contribution in [2.75, 3.05) is 13.1 Å². The van der Waals surface area contributed by atoms with E-state index < -0.39 is 6.04 Å². The summed E-state index contributed by atoms with van der Waals surface area (Å²) in [6.07, 6.45) is 4.08. The number of carbonyl (C=O) groups is 2. The third-order valence-corrected chi connectivity index (χ3v) is 4.79. The fourth-order valence-electron chi connectivity index (χ4n) is 3.41. The van der Waals surface area contributed by atoms with Crippen molar-refractivity contribution in [3.8, 4) is 0 Å². The van der Waals surface area contributed by atoms with Gasteiger partial charge in [-0.1, -0.05) is 60.7 Å². The zero-order chi connectivity index (χ0) is 18.2. The van der Waals surface area contributed by atoms with Crippen LogP contribution in [-0.2, 0) is 22.4 Å². The zero-order valence-corrected chi connectivity index (χ0v) is 15.1. The summed E-state index contributed by atoms with van der Waals surface area (Å²) in [7, 11) is 0. The second-order valence-corrected chi connectivity index (χ2v) is 6.86. The number of amides is 2. The maximum atomic E-state index is 13.0. The number of hydrogen-bond donors (Lipinski definition) is 1. The van der Waals surface area contributed by atoms with Crippen molar-refractivity contribution in [2.24, 2.45) is 0 Å². The standard InChI is InChI=1S/C22H26N2O2/c25-21(17-19-12-6-2-7-13-19)23-20(16-18-10-4-1-5-11-18)22(26)24-14-8-3-9-15-24/h1-2,4-7,10-13,20H,3,8-9,14-17H2,(H,23,25)/t20-/m0/s1. The lowest BCUT2D eigenvalue weighted by Gasteiger charge is -2.31. The van der Waals surface area contributed by atoms with Gasteiger partial charge in [-0.2, -0.15) is 0 Å². The van der Waals surface area contributed by atoms with Crippen LogP contribution < -0.4 is 5.32 Å². The van der Waals surface area contributed by atoms with E-state index in [0.717, 1.165) is 37.1 Å². The van der Waals surface area contributed by atoms with Crippen molar-refractivity contribution >= 4 is 11.8 Å². The number of likely N-dealkylation sites (tertiary alicyclic amines) is 1. The minimum absolute atomic E-state index is 0.0370. The van der Waals surface area contributed by atoms with Gasteiger partial charge in [0, 0.05) is 19.5 Å². The van der Waals surface area contributed by atoms with E-state index >= 15 is 0 Å². The van der Waals surface area contributed by atoms with Gasteiger partial charge < -0.3 is 10.2 Å². The topological polar surface area (TPSA) is 49.4 Å². The minimum Gasteiger partial charge on any atom is -0.344 e. The summed E-state index contributed by atoms with van der Waals surface area (Å²) in [6, 6.07) is 19.0. The predicted octanol–water partition coefficient (Wildman–Crippen LogP) is 2.97. The second-order valence-electron chi connectivity index (χ2n) is 6.86. The Kier molecular flexibility index (Phi) is 6.42. The van der Waals surface area contributed by atoms with Gasteiger partial charge in [-0.25, -0.2) is 0 Å². The molecular formula is C22H26N2O2. The number of piperidine rings is 1. The van der Waals surface area contributed by atoms with Crippen molar-refractivity contribution < 1.29 is 9.59 Å². The van der Waals surface area contributed by atoms with Crippen LogP contribution in [0.5, 0.6) is 0 Å². The molecular weight excluding hydrogens is 324 g/mol. The van der Waals surface area contributed by atoms with E-state index in [0.29, 0.717) is 12.8 Å². The zero-order valence-electron chi connectivity index (χ0n) is 15.1. The molecule has 1 aliphatic rings. The summed E-state index contributed by atoms with van der Waals surface area (Å²) in [6.45, 7) is 1.58. The maximum absolute atomic E-state index is 13.0. The molecule has 1 atom stereocenters. The maximum Gasteiger partial charge on any atom is 0.245 e. The number of carbonyl (C=O) groups excluding carboxylic acids is 2. The third kappa shape index (κ3) is 5.19. The van der Waals surface area contributed by atoms with Crippen molar-refractivity contribution in [1.29, 1.82) is 0 Å². The molecule has 4 heteroatoms. The first kappa shape index (κ1) is 18.2. The number of benzene rings is 2. The quantitative estimate of drug-likeness (QED) is 0.871. The summed E-state index contributed by atoms with van der Waals surface area (Å²) in [5.74, 6) is -0.0718. The summed E-state index contributed by atoms with van der Waals surface area (Å²) in [4.78, 5) is 27.4. The van der Waals surface area contributed by atoms with E-state index in [9.17, 15) is 9.59 Å². The molecule has 0 bridgehead atoms. The van der Waals surface area contributed by atoms with Gasteiger partial charge in [-0.3, -0.25) is 9.59 Å². The lowest BCUT2D eigenvalue weighted by Crippen LogP contribution is -2.51. The lowest BCUT2D eigenvalue weighted by molar-refractivity contribution is -0.137. The highest BCUT2D eigenvalue weighted by molar-refractivity contribution is 5.88. The highest BCUT2D eigenvalue weighted by atomic mass is 16.2. The van der Waals surface area contributed by atoms with Crippen LogP contribution in [0, 0.1) is 0 Å². The monoisotopic (exact) mass is 350 g/mol. The molecule has 0 saturated carbocycles. The average molecular weight is 350 g/mol. The Hall–Kier alpha value is -2.62. The molecule has 2 amide bonds. The van der Waals surface area contributed by atoms with Gasteiger partial charge in [0.15, 0.2) is 0 Å². The van der Waals surface area contributed by atoms with Gasteiger partial charge >= 0.3 is 0 Å². The van der Waals surface area contributed by atoms with E-state index in [1.54, 1.807) is 0 Å². The molecule has 26 heavy (non-hydrogen) atoms. The molecule has 1 heterocycles. The van der Waals surface area contributed by atoms with Crippen molar-refractivity contribution in [3.63, 3.8) is 0 Å². The molecule has 0 aliphatic carbocycles. The van der Waals surface area contributed by atoms with Crippen molar-refractivity contribution in [3.05, 3.63) is 71.8 Å². The summed E-state index contributed by atoms with van der Waals surface area (Å²) in [5, 5.41) is 2.98. The Bertz CT molecular complexity index is 709. The summed E-state index contributed by atoms with van der Waals surface area (Å²) >= 11 is 0. The van der Waals surface area contributed by atoms with Crippen LogP contribution in [0.25, 0.3) is 0 Å². The van der Waals surface area contributed by atoms with Gasteiger partial charge in [-0.05, 0) is 30.4 Å². The summed E-state index contributed by atoms with van der Waals surface area (Å²) < 4.78 is 0. The van der Waals surface area contributed by atoms with Gasteiger partial charge in [0.25, 0.3) is 0 Å². The molecule has 3 rings (SSSR count). The fourth-order valence-corrected chi connectivity index (χ4v) is 3.41. The Labute approximate surface area is 155 Å². The predicted molar refractivity (Wildman–Crippen MR) is 103 cm³/mol. The molecule has 136 valence electrons. The first-order valence-corrected chi connectivity index (χ1v) is 9.38. The molecule has 2 aromatic carbocycles. The molecule has 0 unspecified atom stereocenters. The molecule has 0 spiro atoms. The molecule has 0 aromatic heterocycles. The third-order valence-electron chi connectivity index (χ3n) is 4.79. The van der Waals surface area contributed by atoms with Crippen LogP contribution in [0.3, 0.4) is 0 Å². The Morgan fingerprint density at radius 2 is 1.42 bits per heavy atom. The van der Waals surface area contributed by atoms with E-state index in [1.165, 1.54) is 6.42 Å². The fraction of sp³-hybridized carbons (Fsp3) is 0.364. The second kappa shape index (κ2) is 9.18. The van der Waals surface area contributed by atoms with E-state index in [1.807, 2.05) is 65.6 Å². The minimum atomic E-state index is -0.508. The van der Waals surface area contributed by atoms with Crippen LogP contribution in [0.1, 0.15) is 30.4 Å². The Balaban J connectivity index is 1.69. The lowest BCUT2D eigenvalue weighted by atomic mass is 10.0. The number of nitrogens with zero attached hydrogens (tertiary/aromatic N) is 1. The number of nitrogens with one attached hydrogen (secondary N) is 1. The highest BCUT2D eigenvalue weighted by Crippen LogP contribution is 2.13. The largest absolute Gasteiger partial charge is 0.344 e. The first-order valence-electron chi connectivity index (χ1n) is 9.38. The van der Waals surface area contributed by atoms with Crippen LogP contribution in [0.2, 0.25) is 0 Å². The molecule has 1 N–H and O–H groups in total. The molecule has 1 aliphatic heterocycles. The molecule has 2 aromatic rings. The number of hydrogen-bond acceptors (Lipinski definition) is 2. The van der Waals surface area contributed by atoms with Crippen LogP contribution in [0.4, 0.5) is 0 Å². The van der Waals surface area contributed by atoms with Gasteiger partial charge in [-0.15, -0.1) is 0 Å². The van der Waals surface area contributed by atoms with Crippen molar-refractivity contribution in [2.45, 2.75) is 38.1 Å². The average Bonchev–Trinajstić information content (AvgIpc) is 2.69. The van der Waals surface area contributed by atoms with E-state index in [2.05, 4.69) is 5.32 Å². The molecule has 1 saturated heterocycles. The van der Waals surface area contributed by atoms with E-state index in [4.69, 9.17) is 0 Å². The molecule has 0 radical (unpaired) electrons. The van der Waals surface area contributed by atoms with Gasteiger partial charge in [0.2, 0.25) is 11.8 Å². The van der Waals surface area contributed by atoms with Crippen LogP contribution >= 0.6 is 0 Å². The van der Waals surface area contributed by atoms with Crippen molar-refractivity contribution in [1.82, 2.24) is 10.2 Å². The Morgan fingerprint density at radius 3 is 2.04 bits per heavy atom. The van der Waals surface area contributed by atoms with Crippen LogP contribution in [-0.4, -0.2) is 35.8 Å². The normalized spacial score (nSPS) is 15.3. The molecule has 1 fully saturated rings. The molecule has 4 nitrogen and oxygen atoms in total. The smallest absolute Gasteiger partial charge is 0.245 e. The highest BCUT2D eigenvalue weighted by Gasteiger charge is 2.27. The number of rotatable bonds is 6. The SMILES string of the molecule is O=C(Cc1ccccc1)N[C@@H](Cc1ccccc1)C(=O)N1CCCCC1. The van der Waals surface area contributed by atoms with Gasteiger partial charge in [0.05, 0.1) is 6.42 Å². The van der Waals surface area contributed by atoms with Crippen LogP contribution in [0.15, 0.2) is 60.7 Å². The van der Waals surface area contributed by atoms with Gasteiger partial charge in [0.1, 0.15) is 6.04 Å². The van der Waals surface area contributed by atoms with E-state index in [-0.39, 0.29) is 11.8 Å².